The minimum absolute atomic E-state index is 0. The average molecular weight is 607 g/mol. The predicted octanol–water partition coefficient (Wildman–Crippen LogP) is 5.00. The number of halogens is 4. The van der Waals surface area contributed by atoms with Crippen molar-refractivity contribution in [1.29, 1.82) is 0 Å². The molecule has 0 aliphatic carbocycles. The number of carbonyl (C=O) groups is 3. The van der Waals surface area contributed by atoms with E-state index in [2.05, 4.69) is 4.74 Å². The molecule has 0 bridgehead atoms. The molecule has 1 rings (SSSR count). The molecule has 0 aliphatic heterocycles. The largest absolute Gasteiger partial charge is 0.693 e. The Morgan fingerprint density at radius 1 is 1.08 bits per heavy atom. The Bertz CT molecular complexity index is 507. The Kier molecular flexibility index (Phi) is 24.3. The van der Waals surface area contributed by atoms with Crippen molar-refractivity contribution in [2.75, 3.05) is 0 Å². The minimum atomic E-state index is -1.29. The van der Waals surface area contributed by atoms with Crippen LogP contribution in [-0.4, -0.2) is 33.0 Å². The van der Waals surface area contributed by atoms with Crippen LogP contribution in [0.3, 0.4) is 0 Å². The van der Waals surface area contributed by atoms with Crippen molar-refractivity contribution in [3.05, 3.63) is 42.1 Å². The van der Waals surface area contributed by atoms with Gasteiger partial charge in [-0.1, -0.05) is 35.3 Å². The Morgan fingerprint density at radius 3 is 1.75 bits per heavy atom. The van der Waals surface area contributed by atoms with Crippen molar-refractivity contribution in [3.63, 3.8) is 0 Å². The van der Waals surface area contributed by atoms with Gasteiger partial charge < -0.3 is 27.3 Å². The zero-order chi connectivity index (χ0) is 17.7. The molecule has 8 nitrogen and oxygen atoms in total. The van der Waals surface area contributed by atoms with Gasteiger partial charge in [-0.2, -0.15) is 0 Å². The number of nitrogens with two attached hydrogens (primary N) is 2. The quantitative estimate of drug-likeness (QED) is 0.279. The third kappa shape index (κ3) is 17.7. The van der Waals surface area contributed by atoms with E-state index in [1.54, 1.807) is 12.1 Å². The number of carboxylic acids is 2. The second kappa shape index (κ2) is 18.7. The van der Waals surface area contributed by atoms with Gasteiger partial charge in [-0.3, -0.25) is 4.79 Å². The number of rotatable bonds is 3. The number of para-hydroxylation sites is 1. The van der Waals surface area contributed by atoms with Crippen molar-refractivity contribution in [1.82, 2.24) is 0 Å². The van der Waals surface area contributed by atoms with Gasteiger partial charge in [-0.15, -0.1) is 0 Å². The molecule has 6 N–H and O–H groups in total. The third-order valence-corrected chi connectivity index (χ3v) is 1.93. The molecule has 0 radical (unpaired) electrons. The molecule has 0 saturated heterocycles. The van der Waals surface area contributed by atoms with Crippen molar-refractivity contribution < 1.29 is 45.8 Å². The summed E-state index contributed by atoms with van der Waals surface area (Å²) < 4.78 is 4.69. The van der Waals surface area contributed by atoms with Gasteiger partial charge in [-0.25, -0.2) is 9.59 Å². The maximum atomic E-state index is 10.6. The molecule has 0 aliphatic rings. The van der Waals surface area contributed by atoms with Crippen molar-refractivity contribution in [2.24, 2.45) is 0 Å². The van der Waals surface area contributed by atoms with Crippen molar-refractivity contribution >= 4 is 59.9 Å². The van der Waals surface area contributed by atoms with Crippen LogP contribution < -0.4 is 4.74 Å². The molecule has 1 aromatic rings. The molecule has 0 atom stereocenters. The molecule has 0 saturated carbocycles. The second-order valence-electron chi connectivity index (χ2n) is 3.08. The van der Waals surface area contributed by atoms with Crippen LogP contribution in [0.5, 0.6) is 5.75 Å². The Labute approximate surface area is 164 Å². The van der Waals surface area contributed by atoms with E-state index < -0.39 is 39.2 Å². The van der Waals surface area contributed by atoms with E-state index in [1.165, 1.54) is 19.1 Å². The number of benzene rings is 1. The first-order valence-electron chi connectivity index (χ1n) is 5.01. The third-order valence-electron chi connectivity index (χ3n) is 1.56. The number of esters is 1. The molecule has 13 heteroatoms. The number of carboxylic acid groups (broad SMARTS) is 2. The van der Waals surface area contributed by atoms with Crippen LogP contribution in [0.1, 0.15) is 17.3 Å². The van der Waals surface area contributed by atoms with Crippen molar-refractivity contribution in [3.8, 4) is 5.75 Å². The van der Waals surface area contributed by atoms with Crippen LogP contribution in [0.2, 0.25) is 0 Å². The summed E-state index contributed by atoms with van der Waals surface area (Å²) >= 11 is 9.08. The number of aliphatic carboxylic acids is 1. The van der Waals surface area contributed by atoms with E-state index in [0.717, 1.165) is 0 Å². The maximum absolute atomic E-state index is 10.6. The number of ether oxygens (including phenoxy) is 1. The van der Waals surface area contributed by atoms with Gasteiger partial charge in [-0.05, 0) is 12.1 Å². The Hall–Kier alpha value is -0.602. The molecule has 0 amide bonds. The van der Waals surface area contributed by atoms with Gasteiger partial charge in [0, 0.05) is 6.92 Å². The molecular formula is C11H14Cl4N2O6Pt. The van der Waals surface area contributed by atoms with E-state index in [9.17, 15) is 14.4 Å². The van der Waals surface area contributed by atoms with Crippen LogP contribution in [0.15, 0.2) is 24.3 Å². The molecule has 0 fully saturated rings. The topological polar surface area (TPSA) is 168 Å². The zero-order valence-corrected chi connectivity index (χ0v) is 17.2. The smallest absolute Gasteiger partial charge is 0.693 e. The van der Waals surface area contributed by atoms with Crippen LogP contribution in [0.4, 0.5) is 0 Å². The number of hydrogen-bond donors (Lipinski definition) is 2. The summed E-state index contributed by atoms with van der Waals surface area (Å²) in [6.07, 6.45) is 0. The van der Waals surface area contributed by atoms with E-state index in [-0.39, 0.29) is 23.6 Å². The van der Waals surface area contributed by atoms with E-state index in [0.29, 0.717) is 0 Å². The number of alkyl halides is 2. The first-order valence-corrected chi connectivity index (χ1v) is 11.5. The van der Waals surface area contributed by atoms with E-state index >= 15 is 0 Å². The molecule has 24 heavy (non-hydrogen) atoms. The van der Waals surface area contributed by atoms with Crippen LogP contribution in [0.25, 0.3) is 12.3 Å². The fourth-order valence-electron chi connectivity index (χ4n) is 0.887. The van der Waals surface area contributed by atoms with E-state index in [1.807, 2.05) is 0 Å². The van der Waals surface area contributed by atoms with Gasteiger partial charge in [0.25, 0.3) is 0 Å². The summed E-state index contributed by atoms with van der Waals surface area (Å²) in [5.41, 5.74) is -0.0160. The maximum Gasteiger partial charge on any atom is -0.693 e. The number of hydrogen-bond acceptors (Lipinski definition) is 4. The summed E-state index contributed by atoms with van der Waals surface area (Å²) in [5.74, 6) is -2.79. The molecule has 0 heterocycles. The number of carbonyl (C=O) groups excluding carboxylic acids is 1. The van der Waals surface area contributed by atoms with E-state index in [4.69, 9.17) is 52.3 Å². The van der Waals surface area contributed by atoms with Crippen LogP contribution >= 0.6 is 42.0 Å². The predicted molar refractivity (Wildman–Crippen MR) is 90.1 cm³/mol. The minimum Gasteiger partial charge on any atom is -0.693 e. The van der Waals surface area contributed by atoms with Gasteiger partial charge in [0.2, 0.25) is 4.84 Å². The first-order chi connectivity index (χ1) is 10.2. The molecule has 0 spiro atoms. The molecular weight excluding hydrogens is 593 g/mol. The Balaban J connectivity index is -0.000000155. The summed E-state index contributed by atoms with van der Waals surface area (Å²) in [4.78, 5) is 29.3. The summed E-state index contributed by atoms with van der Waals surface area (Å²) in [6, 6.07) is 5.98. The normalized spacial score (nSPS) is 8.25. The first kappa shape index (κ1) is 31.2. The molecule has 0 unspecified atom stereocenters. The fraction of sp³-hybridized carbons (Fsp3) is 0.182. The van der Waals surface area contributed by atoms with Crippen LogP contribution in [0, 0.1) is 0 Å². The summed E-state index contributed by atoms with van der Waals surface area (Å²) in [7, 11) is 9.75. The molecule has 0 aromatic heterocycles. The van der Waals surface area contributed by atoms with Gasteiger partial charge in [0.15, 0.2) is 0 Å². The summed E-state index contributed by atoms with van der Waals surface area (Å²) in [6.45, 7) is 1.22. The average Bonchev–Trinajstić information content (AvgIpc) is 2.39. The van der Waals surface area contributed by atoms with Gasteiger partial charge in [0.1, 0.15) is 11.3 Å². The van der Waals surface area contributed by atoms with Gasteiger partial charge in [0.05, 0.1) is 0 Å². The molecule has 142 valence electrons. The summed E-state index contributed by atoms with van der Waals surface area (Å²) in [5, 5.41) is 16.4. The monoisotopic (exact) mass is 605 g/mol. The zero-order valence-electron chi connectivity index (χ0n) is 11.9. The van der Waals surface area contributed by atoms with Crippen molar-refractivity contribution in [2.45, 2.75) is 11.8 Å². The fourth-order valence-corrected chi connectivity index (χ4v) is 0.887. The SMILES string of the molecule is CC(=O)Oc1ccccc1C(=O)O.O=C(O)C(Cl)Cl.[Cl][Pt+2][Cl].[NH2-].[NH2-]. The number of aromatic carboxylic acids is 1. The Morgan fingerprint density at radius 2 is 1.46 bits per heavy atom. The van der Waals surface area contributed by atoms with Crippen LogP contribution in [-0.2, 0) is 26.1 Å². The molecule has 1 aromatic carbocycles. The standard InChI is InChI=1S/C9H8O4.C2H2Cl2O2.2ClH.2H2N.Pt/c1-6(10)13-8-5-3-2-4-7(8)9(11)12;3-1(4)2(5)6;;;;;/h2-5H,1H3,(H,11,12);1H,(H,5,6);2*1H;2*1H2;/q;;;;2*-1;+4/p-2. The van der Waals surface area contributed by atoms with Gasteiger partial charge >= 0.3 is 53.2 Å². The second-order valence-corrected chi connectivity index (χ2v) is 7.46.